The van der Waals surface area contributed by atoms with Crippen LogP contribution in [0.2, 0.25) is 0 Å². The molecular weight excluding hydrogens is 214 g/mol. The van der Waals surface area contributed by atoms with Crippen molar-refractivity contribution >= 4 is 11.8 Å². The molecule has 0 N–H and O–H groups in total. The summed E-state index contributed by atoms with van der Waals surface area (Å²) in [5, 5.41) is 0. The van der Waals surface area contributed by atoms with Gasteiger partial charge in [-0.2, -0.15) is 4.99 Å². The summed E-state index contributed by atoms with van der Waals surface area (Å²) in [6.07, 6.45) is 5.23. The summed E-state index contributed by atoms with van der Waals surface area (Å²) >= 11 is 0. The van der Waals surface area contributed by atoms with Gasteiger partial charge >= 0.3 is 0 Å². The lowest BCUT2D eigenvalue weighted by Gasteiger charge is -2.10. The Morgan fingerprint density at radius 1 is 1.29 bits per heavy atom. The number of benzene rings is 1. The fourth-order valence-electron chi connectivity index (χ4n) is 1.70. The normalized spacial score (nSPS) is 10.3. The van der Waals surface area contributed by atoms with Crippen molar-refractivity contribution in [3.05, 3.63) is 42.5 Å². The van der Waals surface area contributed by atoms with Crippen LogP contribution in [0.1, 0.15) is 25.6 Å². The maximum absolute atomic E-state index is 10.1. The van der Waals surface area contributed by atoms with Crippen LogP contribution >= 0.6 is 0 Å². The van der Waals surface area contributed by atoms with E-state index in [-0.39, 0.29) is 0 Å². The summed E-state index contributed by atoms with van der Waals surface area (Å²) in [4.78, 5) is 18.0. The van der Waals surface area contributed by atoms with Crippen LogP contribution in [-0.4, -0.2) is 15.6 Å². The summed E-state index contributed by atoms with van der Waals surface area (Å²) in [6.45, 7) is 4.20. The maximum atomic E-state index is 10.1. The van der Waals surface area contributed by atoms with Crippen molar-refractivity contribution < 1.29 is 4.79 Å². The summed E-state index contributed by atoms with van der Waals surface area (Å²) in [7, 11) is 0. The van der Waals surface area contributed by atoms with Gasteiger partial charge in [0.1, 0.15) is 5.82 Å². The Labute approximate surface area is 99.6 Å². The average molecular weight is 227 g/mol. The second-order valence-electron chi connectivity index (χ2n) is 4.03. The van der Waals surface area contributed by atoms with Crippen LogP contribution in [0.5, 0.6) is 0 Å². The number of aromatic nitrogens is 2. The number of aliphatic imine (C=N–C) groups is 1. The Morgan fingerprint density at radius 3 is 2.59 bits per heavy atom. The fraction of sp³-hybridized carbons (Fsp3) is 0.231. The molecule has 2 aromatic rings. The molecule has 0 saturated heterocycles. The monoisotopic (exact) mass is 227 g/mol. The molecule has 0 radical (unpaired) electrons. The molecule has 0 unspecified atom stereocenters. The third kappa shape index (κ3) is 2.32. The molecule has 0 aliphatic rings. The van der Waals surface area contributed by atoms with Gasteiger partial charge in [0.05, 0.1) is 5.69 Å². The summed E-state index contributed by atoms with van der Waals surface area (Å²) < 4.78 is 2.03. The topological polar surface area (TPSA) is 47.2 Å². The molecule has 0 saturated carbocycles. The molecule has 0 bridgehead atoms. The number of nitrogens with zero attached hydrogens (tertiary/aromatic N) is 3. The zero-order valence-electron chi connectivity index (χ0n) is 9.79. The van der Waals surface area contributed by atoms with E-state index >= 15 is 0 Å². The van der Waals surface area contributed by atoms with Crippen molar-refractivity contribution in [2.75, 3.05) is 0 Å². The highest BCUT2D eigenvalue weighted by Crippen LogP contribution is 2.20. The lowest BCUT2D eigenvalue weighted by Crippen LogP contribution is -2.01. The third-order valence-electron chi connectivity index (χ3n) is 2.49. The second kappa shape index (κ2) is 4.76. The molecule has 0 fully saturated rings. The zero-order chi connectivity index (χ0) is 12.3. The van der Waals surface area contributed by atoms with Crippen molar-refractivity contribution in [3.8, 4) is 5.69 Å². The summed E-state index contributed by atoms with van der Waals surface area (Å²) in [6, 6.07) is 7.38. The third-order valence-corrected chi connectivity index (χ3v) is 2.49. The number of carbonyl (C=O) groups excluding carboxylic acids is 1. The Balaban J connectivity index is 2.39. The minimum atomic E-state index is 0.359. The standard InChI is InChI=1S/C13H13N3O/c1-10(2)13-14-7-8-16(13)12-5-3-11(4-6-12)15-9-17/h3-8,10H,1-2H3. The van der Waals surface area contributed by atoms with Crippen LogP contribution in [0.4, 0.5) is 5.69 Å². The number of hydrogen-bond acceptors (Lipinski definition) is 3. The van der Waals surface area contributed by atoms with Gasteiger partial charge in [0, 0.05) is 24.0 Å². The van der Waals surface area contributed by atoms with Crippen molar-refractivity contribution in [2.24, 2.45) is 4.99 Å². The number of rotatable bonds is 3. The van der Waals surface area contributed by atoms with Crippen LogP contribution < -0.4 is 0 Å². The van der Waals surface area contributed by atoms with Gasteiger partial charge in [-0.05, 0) is 24.3 Å². The van der Waals surface area contributed by atoms with E-state index in [2.05, 4.69) is 23.8 Å². The minimum Gasteiger partial charge on any atom is -0.304 e. The summed E-state index contributed by atoms with van der Waals surface area (Å²) in [5.74, 6) is 1.37. The molecule has 17 heavy (non-hydrogen) atoms. The number of hydrogen-bond donors (Lipinski definition) is 0. The van der Waals surface area contributed by atoms with E-state index in [1.54, 1.807) is 18.3 Å². The molecule has 2 rings (SSSR count). The predicted octanol–water partition coefficient (Wildman–Crippen LogP) is 2.96. The lowest BCUT2D eigenvalue weighted by molar-refractivity contribution is 0.565. The first-order valence-corrected chi connectivity index (χ1v) is 5.44. The second-order valence-corrected chi connectivity index (χ2v) is 4.03. The number of isocyanates is 1. The van der Waals surface area contributed by atoms with Crippen LogP contribution in [0.25, 0.3) is 5.69 Å². The first-order valence-electron chi connectivity index (χ1n) is 5.44. The zero-order valence-corrected chi connectivity index (χ0v) is 9.79. The maximum Gasteiger partial charge on any atom is 0.240 e. The van der Waals surface area contributed by atoms with Gasteiger partial charge < -0.3 is 4.57 Å². The van der Waals surface area contributed by atoms with Gasteiger partial charge in [-0.3, -0.25) is 0 Å². The fourth-order valence-corrected chi connectivity index (χ4v) is 1.70. The molecule has 0 amide bonds. The van der Waals surface area contributed by atoms with E-state index in [9.17, 15) is 4.79 Å². The van der Waals surface area contributed by atoms with Gasteiger partial charge in [0.15, 0.2) is 0 Å². The number of imidazole rings is 1. The van der Waals surface area contributed by atoms with Gasteiger partial charge in [-0.25, -0.2) is 9.78 Å². The van der Waals surface area contributed by atoms with E-state index in [0.29, 0.717) is 11.6 Å². The van der Waals surface area contributed by atoms with Crippen LogP contribution in [0, 0.1) is 0 Å². The molecule has 4 nitrogen and oxygen atoms in total. The van der Waals surface area contributed by atoms with Crippen molar-refractivity contribution in [1.29, 1.82) is 0 Å². The molecule has 0 spiro atoms. The highest BCUT2D eigenvalue weighted by Gasteiger charge is 2.08. The Bertz CT molecular complexity index is 548. The SMILES string of the molecule is CC(C)c1nccn1-c1ccc(N=C=O)cc1. The van der Waals surface area contributed by atoms with Crippen molar-refractivity contribution in [2.45, 2.75) is 19.8 Å². The largest absolute Gasteiger partial charge is 0.304 e. The lowest BCUT2D eigenvalue weighted by atomic mass is 10.2. The average Bonchev–Trinajstić information content (AvgIpc) is 2.79. The molecule has 86 valence electrons. The molecule has 1 aromatic carbocycles. The quantitative estimate of drug-likeness (QED) is 0.597. The summed E-state index contributed by atoms with van der Waals surface area (Å²) in [5.41, 5.74) is 1.62. The minimum absolute atomic E-state index is 0.359. The van der Waals surface area contributed by atoms with E-state index in [1.807, 2.05) is 22.9 Å². The predicted molar refractivity (Wildman–Crippen MR) is 65.4 cm³/mol. The molecule has 1 heterocycles. The molecule has 1 aromatic heterocycles. The first-order chi connectivity index (χ1) is 8.22. The Morgan fingerprint density at radius 2 is 2.00 bits per heavy atom. The smallest absolute Gasteiger partial charge is 0.240 e. The van der Waals surface area contributed by atoms with E-state index in [0.717, 1.165) is 11.5 Å². The van der Waals surface area contributed by atoms with Crippen molar-refractivity contribution in [3.63, 3.8) is 0 Å². The molecule has 0 aliphatic heterocycles. The highest BCUT2D eigenvalue weighted by atomic mass is 16.1. The van der Waals surface area contributed by atoms with E-state index in [4.69, 9.17) is 0 Å². The Hall–Kier alpha value is -2.19. The van der Waals surface area contributed by atoms with Crippen LogP contribution in [0.15, 0.2) is 41.7 Å². The van der Waals surface area contributed by atoms with Gasteiger partial charge in [-0.1, -0.05) is 13.8 Å². The molecule has 4 heteroatoms. The van der Waals surface area contributed by atoms with Gasteiger partial charge in [-0.15, -0.1) is 0 Å². The highest BCUT2D eigenvalue weighted by molar-refractivity contribution is 5.51. The van der Waals surface area contributed by atoms with Crippen LogP contribution in [0.3, 0.4) is 0 Å². The molecular formula is C13H13N3O. The Kier molecular flexibility index (Phi) is 3.17. The van der Waals surface area contributed by atoms with E-state index < -0.39 is 0 Å². The van der Waals surface area contributed by atoms with Gasteiger partial charge in [0.25, 0.3) is 0 Å². The van der Waals surface area contributed by atoms with Gasteiger partial charge in [0.2, 0.25) is 6.08 Å². The van der Waals surface area contributed by atoms with Crippen molar-refractivity contribution in [1.82, 2.24) is 9.55 Å². The molecule has 0 atom stereocenters. The molecule has 0 aliphatic carbocycles. The first kappa shape index (κ1) is 11.3. The van der Waals surface area contributed by atoms with E-state index in [1.165, 1.54) is 6.08 Å². The van der Waals surface area contributed by atoms with Crippen LogP contribution in [-0.2, 0) is 4.79 Å².